The summed E-state index contributed by atoms with van der Waals surface area (Å²) in [5, 5.41) is 13.9. The van der Waals surface area contributed by atoms with Crippen molar-refractivity contribution in [3.8, 4) is 11.5 Å². The van der Waals surface area contributed by atoms with E-state index in [0.717, 1.165) is 0 Å². The third kappa shape index (κ3) is 3.32. The van der Waals surface area contributed by atoms with Crippen molar-refractivity contribution in [1.82, 2.24) is 5.32 Å². The quantitative estimate of drug-likeness (QED) is 0.603. The zero-order chi connectivity index (χ0) is 12.8. The zero-order valence-corrected chi connectivity index (χ0v) is 10.1. The molecule has 0 radical (unpaired) electrons. The Morgan fingerprint density at radius 1 is 1.47 bits per heavy atom. The van der Waals surface area contributed by atoms with Gasteiger partial charge in [-0.2, -0.15) is 0 Å². The molecule has 0 aromatic heterocycles. The van der Waals surface area contributed by atoms with Crippen LogP contribution < -0.4 is 14.8 Å². The van der Waals surface area contributed by atoms with Crippen molar-refractivity contribution >= 4 is 5.69 Å². The molecule has 1 aromatic rings. The predicted molar refractivity (Wildman–Crippen MR) is 63.7 cm³/mol. The number of nitro groups is 1. The second-order valence-electron chi connectivity index (χ2n) is 3.55. The minimum absolute atomic E-state index is 0.141. The second kappa shape index (κ2) is 6.05. The molecule has 6 heteroatoms. The fraction of sp³-hybridized carbons (Fsp3) is 0.455. The molecule has 1 N–H and O–H groups in total. The summed E-state index contributed by atoms with van der Waals surface area (Å²) in [6, 6.07) is 4.76. The van der Waals surface area contributed by atoms with E-state index in [9.17, 15) is 10.1 Å². The Balaban J connectivity index is 3.02. The van der Waals surface area contributed by atoms with Crippen LogP contribution in [0.5, 0.6) is 11.5 Å². The first-order chi connectivity index (χ1) is 8.10. The van der Waals surface area contributed by atoms with Crippen molar-refractivity contribution < 1.29 is 14.4 Å². The molecule has 1 aromatic carbocycles. The van der Waals surface area contributed by atoms with Crippen LogP contribution in [0, 0.1) is 10.1 Å². The maximum Gasteiger partial charge on any atom is 0.352 e. The molecule has 0 fully saturated rings. The fourth-order valence-corrected chi connectivity index (χ4v) is 1.49. The molecule has 0 spiro atoms. The van der Waals surface area contributed by atoms with Gasteiger partial charge in [-0.25, -0.2) is 0 Å². The molecule has 0 aliphatic heterocycles. The van der Waals surface area contributed by atoms with Gasteiger partial charge in [-0.05, 0) is 26.1 Å². The Morgan fingerprint density at radius 2 is 2.12 bits per heavy atom. The number of methoxy groups -OCH3 is 1. The van der Waals surface area contributed by atoms with Gasteiger partial charge >= 0.3 is 5.69 Å². The number of hydrogen-bond donors (Lipinski definition) is 1. The van der Waals surface area contributed by atoms with Gasteiger partial charge < -0.3 is 14.8 Å². The van der Waals surface area contributed by atoms with E-state index in [2.05, 4.69) is 5.32 Å². The molecule has 1 unspecified atom stereocenters. The van der Waals surface area contributed by atoms with E-state index in [-0.39, 0.29) is 23.3 Å². The van der Waals surface area contributed by atoms with Gasteiger partial charge in [-0.15, -0.1) is 0 Å². The van der Waals surface area contributed by atoms with Gasteiger partial charge in [-0.3, -0.25) is 10.1 Å². The topological polar surface area (TPSA) is 73.6 Å². The van der Waals surface area contributed by atoms with Crippen molar-refractivity contribution in [1.29, 1.82) is 0 Å². The molecule has 17 heavy (non-hydrogen) atoms. The largest absolute Gasteiger partial charge is 0.490 e. The molecule has 0 bridgehead atoms. The minimum atomic E-state index is -0.500. The first-order valence-corrected chi connectivity index (χ1v) is 5.22. The van der Waals surface area contributed by atoms with Crippen LogP contribution >= 0.6 is 0 Å². The van der Waals surface area contributed by atoms with E-state index in [1.807, 2.05) is 6.92 Å². The monoisotopic (exact) mass is 240 g/mol. The van der Waals surface area contributed by atoms with Gasteiger partial charge in [0.15, 0.2) is 0 Å². The van der Waals surface area contributed by atoms with Crippen LogP contribution in [0.15, 0.2) is 18.2 Å². The molecular weight excluding hydrogens is 224 g/mol. The van der Waals surface area contributed by atoms with Gasteiger partial charge in [0.1, 0.15) is 6.10 Å². The number of nitro benzene ring substituents is 1. The van der Waals surface area contributed by atoms with Crippen molar-refractivity contribution in [2.45, 2.75) is 13.0 Å². The van der Waals surface area contributed by atoms with Crippen LogP contribution in [0.1, 0.15) is 6.92 Å². The smallest absolute Gasteiger partial charge is 0.352 e. The van der Waals surface area contributed by atoms with Gasteiger partial charge in [0.05, 0.1) is 12.0 Å². The predicted octanol–water partition coefficient (Wildman–Crippen LogP) is 1.59. The Labute approximate surface area is 99.7 Å². The highest BCUT2D eigenvalue weighted by Crippen LogP contribution is 2.36. The highest BCUT2D eigenvalue weighted by atomic mass is 16.6. The normalized spacial score (nSPS) is 11.9. The molecule has 1 rings (SSSR count). The average Bonchev–Trinajstić information content (AvgIpc) is 2.28. The van der Waals surface area contributed by atoms with E-state index in [0.29, 0.717) is 6.54 Å². The van der Waals surface area contributed by atoms with E-state index >= 15 is 0 Å². The number of rotatable bonds is 6. The summed E-state index contributed by atoms with van der Waals surface area (Å²) in [4.78, 5) is 10.5. The van der Waals surface area contributed by atoms with E-state index in [1.165, 1.54) is 13.2 Å². The van der Waals surface area contributed by atoms with Crippen molar-refractivity contribution in [2.24, 2.45) is 0 Å². The first-order valence-electron chi connectivity index (χ1n) is 5.22. The lowest BCUT2D eigenvalue weighted by Crippen LogP contribution is -2.26. The van der Waals surface area contributed by atoms with E-state index in [1.54, 1.807) is 19.2 Å². The molecule has 0 aliphatic carbocycles. The minimum Gasteiger partial charge on any atom is -0.490 e. The number of para-hydroxylation sites is 1. The van der Waals surface area contributed by atoms with Gasteiger partial charge in [-0.1, -0.05) is 6.07 Å². The maximum absolute atomic E-state index is 11.0. The van der Waals surface area contributed by atoms with E-state index < -0.39 is 4.92 Å². The lowest BCUT2D eigenvalue weighted by atomic mass is 10.2. The Kier molecular flexibility index (Phi) is 4.71. The summed E-state index contributed by atoms with van der Waals surface area (Å²) in [7, 11) is 3.18. The number of likely N-dealkylation sites (N-methyl/N-ethyl adjacent to an activating group) is 1. The summed E-state index contributed by atoms with van der Waals surface area (Å²) in [5.41, 5.74) is -0.141. The summed E-state index contributed by atoms with van der Waals surface area (Å²) < 4.78 is 10.5. The highest BCUT2D eigenvalue weighted by molar-refractivity contribution is 5.57. The molecule has 0 amide bonds. The summed E-state index contributed by atoms with van der Waals surface area (Å²) in [5.74, 6) is 0.418. The van der Waals surface area contributed by atoms with Crippen LogP contribution in [0.3, 0.4) is 0 Å². The first kappa shape index (κ1) is 13.2. The molecule has 0 aliphatic rings. The van der Waals surface area contributed by atoms with Gasteiger partial charge in [0, 0.05) is 6.54 Å². The zero-order valence-electron chi connectivity index (χ0n) is 10.1. The number of ether oxygens (including phenoxy) is 2. The maximum atomic E-state index is 11.0. The Bertz CT molecular complexity index is 395. The third-order valence-corrected chi connectivity index (χ3v) is 2.18. The van der Waals surface area contributed by atoms with Crippen LogP contribution in [-0.2, 0) is 0 Å². The summed E-state index contributed by atoms with van der Waals surface area (Å²) >= 11 is 0. The molecule has 1 atom stereocenters. The number of nitrogens with zero attached hydrogens (tertiary/aromatic N) is 1. The van der Waals surface area contributed by atoms with Crippen LogP contribution in [0.2, 0.25) is 0 Å². The number of benzene rings is 1. The third-order valence-electron chi connectivity index (χ3n) is 2.18. The number of hydrogen-bond acceptors (Lipinski definition) is 5. The number of nitrogens with one attached hydrogen (secondary N) is 1. The lowest BCUT2D eigenvalue weighted by Gasteiger charge is -2.14. The Morgan fingerprint density at radius 3 is 2.65 bits per heavy atom. The lowest BCUT2D eigenvalue weighted by molar-refractivity contribution is -0.386. The SMILES string of the molecule is CNCC(C)Oc1cccc(OC)c1[N+](=O)[O-]. The summed E-state index contributed by atoms with van der Waals surface area (Å²) in [6.07, 6.45) is -0.161. The molecule has 6 nitrogen and oxygen atoms in total. The van der Waals surface area contributed by atoms with Crippen LogP contribution in [0.4, 0.5) is 5.69 Å². The molecule has 0 saturated carbocycles. The van der Waals surface area contributed by atoms with Gasteiger partial charge in [0.25, 0.3) is 0 Å². The van der Waals surface area contributed by atoms with Crippen LogP contribution in [0.25, 0.3) is 0 Å². The molecule has 94 valence electrons. The highest BCUT2D eigenvalue weighted by Gasteiger charge is 2.22. The standard InChI is InChI=1S/C11H16N2O4/c1-8(7-12-2)17-10-6-4-5-9(16-3)11(10)13(14)15/h4-6,8,12H,7H2,1-3H3. The van der Waals surface area contributed by atoms with Crippen LogP contribution in [-0.4, -0.2) is 31.7 Å². The van der Waals surface area contributed by atoms with Crippen molar-refractivity contribution in [3.05, 3.63) is 28.3 Å². The van der Waals surface area contributed by atoms with Gasteiger partial charge in [0.2, 0.25) is 11.5 Å². The van der Waals surface area contributed by atoms with Crippen molar-refractivity contribution in [3.63, 3.8) is 0 Å². The molecule has 0 heterocycles. The average molecular weight is 240 g/mol. The summed E-state index contributed by atoms with van der Waals surface area (Å²) in [6.45, 7) is 2.44. The second-order valence-corrected chi connectivity index (χ2v) is 3.55. The van der Waals surface area contributed by atoms with Crippen molar-refractivity contribution in [2.75, 3.05) is 20.7 Å². The molecule has 0 saturated heterocycles. The van der Waals surface area contributed by atoms with E-state index in [4.69, 9.17) is 9.47 Å². The fourth-order valence-electron chi connectivity index (χ4n) is 1.49. The Hall–Kier alpha value is -1.82. The molecular formula is C11H16N2O4.